The van der Waals surface area contributed by atoms with Crippen LogP contribution in [0, 0.1) is 0 Å². The molecule has 2 nitrogen and oxygen atoms in total. The Kier molecular flexibility index (Phi) is 13.8. The summed E-state index contributed by atoms with van der Waals surface area (Å²) in [6.07, 6.45) is 15.6. The van der Waals surface area contributed by atoms with Crippen LogP contribution in [0.15, 0.2) is 0 Å². The van der Waals surface area contributed by atoms with E-state index >= 15 is 0 Å². The second kappa shape index (κ2) is 13.5. The van der Waals surface area contributed by atoms with E-state index in [1.165, 1.54) is 64.2 Å². The molecule has 0 radical (unpaired) electrons. The normalized spacial score (nSPS) is 14.8. The number of amides is 1. The molecule has 1 aliphatic rings. The van der Waals surface area contributed by atoms with Crippen LogP contribution in [-0.2, 0) is 4.79 Å². The van der Waals surface area contributed by atoms with Gasteiger partial charge in [0.2, 0.25) is 5.91 Å². The minimum absolute atomic E-state index is 0. The van der Waals surface area contributed by atoms with Crippen molar-refractivity contribution in [1.29, 1.82) is 0 Å². The van der Waals surface area contributed by atoms with Crippen LogP contribution in [0.25, 0.3) is 0 Å². The summed E-state index contributed by atoms with van der Waals surface area (Å²) in [6.45, 7) is 4.29. The van der Waals surface area contributed by atoms with Gasteiger partial charge in [0.1, 0.15) is 0 Å². The van der Waals surface area contributed by atoms with E-state index < -0.39 is 0 Å². The molecule has 3 heteroatoms. The molecular formula is C16H32NNaO. The number of likely N-dealkylation sites (tertiary alicyclic amines) is 1. The van der Waals surface area contributed by atoms with Crippen LogP contribution in [0.1, 0.15) is 84.0 Å². The van der Waals surface area contributed by atoms with Crippen LogP contribution in [-0.4, -0.2) is 53.5 Å². The van der Waals surface area contributed by atoms with E-state index in [4.69, 9.17) is 0 Å². The average molecular weight is 277 g/mol. The van der Waals surface area contributed by atoms with Crippen molar-refractivity contribution in [1.82, 2.24) is 4.90 Å². The Morgan fingerprint density at radius 1 is 0.895 bits per heavy atom. The quantitative estimate of drug-likeness (QED) is 0.414. The first-order chi connectivity index (χ1) is 8.84. The van der Waals surface area contributed by atoms with E-state index in [0.717, 1.165) is 25.9 Å². The summed E-state index contributed by atoms with van der Waals surface area (Å²) in [4.78, 5) is 13.4. The maximum atomic E-state index is 11.4. The molecular weight excluding hydrogens is 245 g/mol. The van der Waals surface area contributed by atoms with E-state index in [1.807, 2.05) is 4.90 Å². The Bertz CT molecular complexity index is 221. The molecule has 0 aromatic carbocycles. The molecule has 108 valence electrons. The molecule has 19 heavy (non-hydrogen) atoms. The van der Waals surface area contributed by atoms with Crippen molar-refractivity contribution in [3.63, 3.8) is 0 Å². The maximum absolute atomic E-state index is 11.4. The van der Waals surface area contributed by atoms with Gasteiger partial charge in [-0.3, -0.25) is 4.79 Å². The first-order valence-corrected chi connectivity index (χ1v) is 8.12. The van der Waals surface area contributed by atoms with Gasteiger partial charge in [0.05, 0.1) is 0 Å². The van der Waals surface area contributed by atoms with Crippen LogP contribution in [0.2, 0.25) is 0 Å². The van der Waals surface area contributed by atoms with Crippen molar-refractivity contribution in [3.8, 4) is 0 Å². The van der Waals surface area contributed by atoms with E-state index in [2.05, 4.69) is 6.92 Å². The van der Waals surface area contributed by atoms with E-state index in [0.29, 0.717) is 5.91 Å². The Morgan fingerprint density at radius 3 is 1.89 bits per heavy atom. The fourth-order valence-corrected chi connectivity index (χ4v) is 2.73. The number of carbonyl (C=O) groups excluding carboxylic acids is 1. The van der Waals surface area contributed by atoms with Gasteiger partial charge in [-0.15, -0.1) is 0 Å². The van der Waals surface area contributed by atoms with Gasteiger partial charge in [-0.05, 0) is 12.8 Å². The Labute approximate surface area is 142 Å². The monoisotopic (exact) mass is 277 g/mol. The molecule has 1 amide bonds. The standard InChI is InChI=1S/C16H31NO.Na.H/c1-2-3-4-5-6-7-8-9-10-11-14-17-15-12-13-16(17)18;;/h2-15H2,1H3;;. The predicted molar refractivity (Wildman–Crippen MR) is 84.8 cm³/mol. The summed E-state index contributed by atoms with van der Waals surface area (Å²) >= 11 is 0. The molecule has 1 saturated heterocycles. The topological polar surface area (TPSA) is 20.3 Å². The molecule has 0 spiro atoms. The first kappa shape index (κ1) is 19.5. The number of hydrogen-bond donors (Lipinski definition) is 0. The van der Waals surface area contributed by atoms with Crippen LogP contribution in [0.4, 0.5) is 0 Å². The first-order valence-electron chi connectivity index (χ1n) is 8.12. The molecule has 1 aliphatic heterocycles. The third-order valence-electron chi connectivity index (χ3n) is 3.95. The van der Waals surface area contributed by atoms with Crippen LogP contribution < -0.4 is 0 Å². The van der Waals surface area contributed by atoms with Crippen molar-refractivity contribution < 1.29 is 4.79 Å². The van der Waals surface area contributed by atoms with Gasteiger partial charge in [-0.25, -0.2) is 0 Å². The summed E-state index contributed by atoms with van der Waals surface area (Å²) < 4.78 is 0. The van der Waals surface area contributed by atoms with Gasteiger partial charge in [0, 0.05) is 19.5 Å². The van der Waals surface area contributed by atoms with Gasteiger partial charge in [-0.2, -0.15) is 0 Å². The summed E-state index contributed by atoms with van der Waals surface area (Å²) in [6, 6.07) is 0. The van der Waals surface area contributed by atoms with Gasteiger partial charge < -0.3 is 4.90 Å². The van der Waals surface area contributed by atoms with Gasteiger partial charge in [-0.1, -0.05) is 64.7 Å². The van der Waals surface area contributed by atoms with Crippen molar-refractivity contribution in [3.05, 3.63) is 0 Å². The number of rotatable bonds is 11. The molecule has 0 unspecified atom stereocenters. The minimum atomic E-state index is 0. The molecule has 0 saturated carbocycles. The second-order valence-corrected chi connectivity index (χ2v) is 5.67. The molecule has 0 N–H and O–H groups in total. The van der Waals surface area contributed by atoms with Crippen LogP contribution in [0.5, 0.6) is 0 Å². The Balaban J connectivity index is 0.00000324. The fourth-order valence-electron chi connectivity index (χ4n) is 2.73. The van der Waals surface area contributed by atoms with Gasteiger partial charge in [0.25, 0.3) is 0 Å². The fraction of sp³-hybridized carbons (Fsp3) is 0.938. The SMILES string of the molecule is CCCCCCCCCCCCN1CCCC1=O.[NaH]. The molecule has 0 aliphatic carbocycles. The van der Waals surface area contributed by atoms with Gasteiger partial charge >= 0.3 is 29.6 Å². The number of hydrogen-bond acceptors (Lipinski definition) is 1. The second-order valence-electron chi connectivity index (χ2n) is 5.67. The average Bonchev–Trinajstić information content (AvgIpc) is 2.77. The summed E-state index contributed by atoms with van der Waals surface area (Å²) in [5.41, 5.74) is 0. The number of unbranched alkanes of at least 4 members (excludes halogenated alkanes) is 9. The number of nitrogens with zero attached hydrogens (tertiary/aromatic N) is 1. The zero-order valence-corrected chi connectivity index (χ0v) is 12.3. The Morgan fingerprint density at radius 2 is 1.42 bits per heavy atom. The molecule has 1 heterocycles. The van der Waals surface area contributed by atoms with Gasteiger partial charge in [0.15, 0.2) is 0 Å². The van der Waals surface area contributed by atoms with Crippen LogP contribution in [0.3, 0.4) is 0 Å². The summed E-state index contributed by atoms with van der Waals surface area (Å²) in [5.74, 6) is 0.380. The third kappa shape index (κ3) is 9.92. The predicted octanol–water partition coefficient (Wildman–Crippen LogP) is 3.88. The third-order valence-corrected chi connectivity index (χ3v) is 3.95. The zero-order valence-electron chi connectivity index (χ0n) is 12.3. The molecule has 0 aromatic heterocycles. The summed E-state index contributed by atoms with van der Waals surface area (Å²) in [7, 11) is 0. The van der Waals surface area contributed by atoms with Crippen molar-refractivity contribution in [2.45, 2.75) is 84.0 Å². The number of carbonyl (C=O) groups is 1. The zero-order chi connectivity index (χ0) is 13.1. The van der Waals surface area contributed by atoms with E-state index in [-0.39, 0.29) is 29.6 Å². The molecule has 0 aromatic rings. The Hall–Kier alpha value is 0.470. The van der Waals surface area contributed by atoms with Crippen LogP contribution >= 0.6 is 0 Å². The van der Waals surface area contributed by atoms with E-state index in [9.17, 15) is 4.79 Å². The molecule has 1 fully saturated rings. The van der Waals surface area contributed by atoms with Crippen molar-refractivity contribution in [2.24, 2.45) is 0 Å². The molecule has 0 atom stereocenters. The van der Waals surface area contributed by atoms with Crippen molar-refractivity contribution >= 4 is 35.5 Å². The molecule has 1 rings (SSSR count). The molecule has 0 bridgehead atoms. The van der Waals surface area contributed by atoms with E-state index in [1.54, 1.807) is 0 Å². The van der Waals surface area contributed by atoms with Crippen molar-refractivity contribution in [2.75, 3.05) is 13.1 Å². The summed E-state index contributed by atoms with van der Waals surface area (Å²) in [5, 5.41) is 0.